The van der Waals surface area contributed by atoms with Crippen LogP contribution in [0.2, 0.25) is 0 Å². The maximum atomic E-state index is 12.9. The molecule has 1 aromatic carbocycles. The number of rotatable bonds is 4. The molecule has 2 rings (SSSR count). The van der Waals surface area contributed by atoms with Gasteiger partial charge < -0.3 is 4.74 Å². The summed E-state index contributed by atoms with van der Waals surface area (Å²) in [5, 5.41) is 0. The molecule has 0 saturated carbocycles. The van der Waals surface area contributed by atoms with Crippen LogP contribution in [0.25, 0.3) is 0 Å². The van der Waals surface area contributed by atoms with E-state index in [0.717, 1.165) is 11.1 Å². The summed E-state index contributed by atoms with van der Waals surface area (Å²) in [6.07, 6.45) is 0. The Hall–Kier alpha value is -2.08. The van der Waals surface area contributed by atoms with Gasteiger partial charge in [0, 0.05) is 13.1 Å². The van der Waals surface area contributed by atoms with E-state index < -0.39 is 10.0 Å². The van der Waals surface area contributed by atoms with Crippen molar-refractivity contribution in [3.8, 4) is 5.88 Å². The van der Waals surface area contributed by atoms with Gasteiger partial charge in [0.1, 0.15) is 4.90 Å². The topological polar surface area (TPSA) is 59.5 Å². The SMILES string of the molecule is COc1ccc(S(=O)(=O)N(C)c2cccc(C)c2C)c(C)n1. The Morgan fingerprint density at radius 1 is 1.09 bits per heavy atom. The van der Waals surface area contributed by atoms with E-state index >= 15 is 0 Å². The summed E-state index contributed by atoms with van der Waals surface area (Å²) in [5.74, 6) is 0.394. The van der Waals surface area contributed by atoms with Crippen LogP contribution in [-0.2, 0) is 10.0 Å². The summed E-state index contributed by atoms with van der Waals surface area (Å²) in [6.45, 7) is 5.53. The van der Waals surface area contributed by atoms with Crippen molar-refractivity contribution < 1.29 is 13.2 Å². The molecule has 118 valence electrons. The third-order valence-corrected chi connectivity index (χ3v) is 5.68. The number of hydrogen-bond donors (Lipinski definition) is 0. The molecule has 22 heavy (non-hydrogen) atoms. The number of aromatic nitrogens is 1. The van der Waals surface area contributed by atoms with Crippen LogP contribution in [0.3, 0.4) is 0 Å². The third-order valence-electron chi connectivity index (χ3n) is 3.77. The highest BCUT2D eigenvalue weighted by Gasteiger charge is 2.25. The summed E-state index contributed by atoms with van der Waals surface area (Å²) < 4.78 is 32.0. The van der Waals surface area contributed by atoms with Crippen LogP contribution in [0.1, 0.15) is 16.8 Å². The largest absolute Gasteiger partial charge is 0.481 e. The highest BCUT2D eigenvalue weighted by molar-refractivity contribution is 7.92. The Morgan fingerprint density at radius 2 is 1.77 bits per heavy atom. The summed E-state index contributed by atoms with van der Waals surface area (Å²) in [4.78, 5) is 4.32. The molecule has 0 N–H and O–H groups in total. The lowest BCUT2D eigenvalue weighted by Crippen LogP contribution is -2.28. The van der Waals surface area contributed by atoms with Gasteiger partial charge in [0.25, 0.3) is 10.0 Å². The van der Waals surface area contributed by atoms with Crippen molar-refractivity contribution in [3.05, 3.63) is 47.2 Å². The van der Waals surface area contributed by atoms with Crippen LogP contribution in [0.4, 0.5) is 5.69 Å². The Labute approximate surface area is 131 Å². The Morgan fingerprint density at radius 3 is 2.36 bits per heavy atom. The number of nitrogens with zero attached hydrogens (tertiary/aromatic N) is 2. The molecule has 5 nitrogen and oxygen atoms in total. The van der Waals surface area contributed by atoms with E-state index in [1.165, 1.54) is 17.5 Å². The second kappa shape index (κ2) is 5.96. The fraction of sp³-hybridized carbons (Fsp3) is 0.312. The number of hydrogen-bond acceptors (Lipinski definition) is 4. The van der Waals surface area contributed by atoms with Gasteiger partial charge in [0.2, 0.25) is 5.88 Å². The Kier molecular flexibility index (Phi) is 4.42. The number of benzene rings is 1. The monoisotopic (exact) mass is 320 g/mol. The van der Waals surface area contributed by atoms with Crippen molar-refractivity contribution in [2.75, 3.05) is 18.5 Å². The first-order chi connectivity index (χ1) is 10.3. The molecule has 0 aliphatic heterocycles. The zero-order valence-electron chi connectivity index (χ0n) is 13.4. The van der Waals surface area contributed by atoms with Crippen LogP contribution in [0.5, 0.6) is 5.88 Å². The molecule has 6 heteroatoms. The molecule has 0 unspecified atom stereocenters. The summed E-state index contributed by atoms with van der Waals surface area (Å²) in [7, 11) is -0.617. The molecule has 0 bridgehead atoms. The average Bonchev–Trinajstić information content (AvgIpc) is 2.48. The van der Waals surface area contributed by atoms with Gasteiger partial charge >= 0.3 is 0 Å². The lowest BCUT2D eigenvalue weighted by Gasteiger charge is -2.23. The molecule has 0 spiro atoms. The van der Waals surface area contributed by atoms with Crippen molar-refractivity contribution in [1.29, 1.82) is 0 Å². The maximum Gasteiger partial charge on any atom is 0.265 e. The number of sulfonamides is 1. The zero-order valence-corrected chi connectivity index (χ0v) is 14.2. The lowest BCUT2D eigenvalue weighted by atomic mass is 10.1. The van der Waals surface area contributed by atoms with E-state index in [0.29, 0.717) is 17.3 Å². The lowest BCUT2D eigenvalue weighted by molar-refractivity contribution is 0.396. The van der Waals surface area contributed by atoms with E-state index in [1.54, 1.807) is 26.1 Å². The first kappa shape index (κ1) is 16.3. The summed E-state index contributed by atoms with van der Waals surface area (Å²) >= 11 is 0. The van der Waals surface area contributed by atoms with Gasteiger partial charge in [-0.3, -0.25) is 4.31 Å². The van der Waals surface area contributed by atoms with Crippen LogP contribution >= 0.6 is 0 Å². The molecular formula is C16H20N2O3S. The number of anilines is 1. The predicted molar refractivity (Wildman–Crippen MR) is 87.0 cm³/mol. The number of pyridine rings is 1. The minimum atomic E-state index is -3.67. The molecule has 0 saturated heterocycles. The molecule has 2 aromatic rings. The van der Waals surface area contributed by atoms with Gasteiger partial charge in [-0.05, 0) is 44.0 Å². The van der Waals surface area contributed by atoms with Crippen molar-refractivity contribution in [2.45, 2.75) is 25.7 Å². The number of aryl methyl sites for hydroxylation is 2. The van der Waals surface area contributed by atoms with Crippen LogP contribution in [0.15, 0.2) is 35.2 Å². The van der Waals surface area contributed by atoms with E-state index in [2.05, 4.69) is 4.98 Å². The molecule has 0 radical (unpaired) electrons. The van der Waals surface area contributed by atoms with Gasteiger partial charge in [0.05, 0.1) is 18.5 Å². The van der Waals surface area contributed by atoms with E-state index in [-0.39, 0.29) is 4.90 Å². The van der Waals surface area contributed by atoms with E-state index in [1.807, 2.05) is 26.0 Å². The van der Waals surface area contributed by atoms with Crippen LogP contribution in [-0.4, -0.2) is 27.6 Å². The molecule has 0 fully saturated rings. The van der Waals surface area contributed by atoms with Crippen LogP contribution < -0.4 is 9.04 Å². The van der Waals surface area contributed by atoms with Crippen molar-refractivity contribution in [3.63, 3.8) is 0 Å². The van der Waals surface area contributed by atoms with Gasteiger partial charge in [-0.1, -0.05) is 12.1 Å². The molecule has 0 atom stereocenters. The van der Waals surface area contributed by atoms with Gasteiger partial charge in [-0.15, -0.1) is 0 Å². The highest BCUT2D eigenvalue weighted by Crippen LogP contribution is 2.28. The van der Waals surface area contributed by atoms with Gasteiger partial charge in [-0.2, -0.15) is 0 Å². The third kappa shape index (κ3) is 2.78. The Bertz CT molecular complexity index is 801. The molecule has 1 aromatic heterocycles. The second-order valence-electron chi connectivity index (χ2n) is 5.13. The second-order valence-corrected chi connectivity index (χ2v) is 7.07. The summed E-state index contributed by atoms with van der Waals surface area (Å²) in [5.41, 5.74) is 3.06. The minimum absolute atomic E-state index is 0.178. The fourth-order valence-corrected chi connectivity index (χ4v) is 3.68. The average molecular weight is 320 g/mol. The quantitative estimate of drug-likeness (QED) is 0.869. The molecule has 1 heterocycles. The van der Waals surface area contributed by atoms with E-state index in [4.69, 9.17) is 4.74 Å². The standard InChI is InChI=1S/C16H20N2O3S/c1-11-7-6-8-14(12(11)2)18(4)22(19,20)15-9-10-16(21-5)17-13(15)3/h6-10H,1-5H3. The number of methoxy groups -OCH3 is 1. The highest BCUT2D eigenvalue weighted by atomic mass is 32.2. The van der Waals surface area contributed by atoms with E-state index in [9.17, 15) is 8.42 Å². The molecule has 0 aliphatic carbocycles. The summed E-state index contributed by atoms with van der Waals surface area (Å²) in [6, 6.07) is 8.68. The van der Waals surface area contributed by atoms with Gasteiger partial charge in [-0.25, -0.2) is 13.4 Å². The minimum Gasteiger partial charge on any atom is -0.481 e. The zero-order chi connectivity index (χ0) is 16.5. The normalized spacial score (nSPS) is 11.3. The smallest absolute Gasteiger partial charge is 0.265 e. The van der Waals surface area contributed by atoms with Crippen molar-refractivity contribution in [2.24, 2.45) is 0 Å². The molecule has 0 aliphatic rings. The van der Waals surface area contributed by atoms with Crippen molar-refractivity contribution in [1.82, 2.24) is 4.98 Å². The first-order valence-corrected chi connectivity index (χ1v) is 8.30. The van der Waals surface area contributed by atoms with Crippen molar-refractivity contribution >= 4 is 15.7 Å². The number of ether oxygens (including phenoxy) is 1. The molecule has 0 amide bonds. The fourth-order valence-electron chi connectivity index (χ4n) is 2.27. The predicted octanol–water partition coefficient (Wildman–Crippen LogP) is 2.84. The van der Waals surface area contributed by atoms with Gasteiger partial charge in [0.15, 0.2) is 0 Å². The maximum absolute atomic E-state index is 12.9. The molecular weight excluding hydrogens is 300 g/mol. The Balaban J connectivity index is 2.52. The first-order valence-electron chi connectivity index (χ1n) is 6.86. The van der Waals surface area contributed by atoms with Crippen LogP contribution in [0, 0.1) is 20.8 Å².